The first-order valence-electron chi connectivity index (χ1n) is 7.83. The highest BCUT2D eigenvalue weighted by atomic mass is 16.5. The van der Waals surface area contributed by atoms with Crippen LogP contribution in [-0.4, -0.2) is 22.8 Å². The Bertz CT molecular complexity index is 997. The molecule has 0 aliphatic heterocycles. The SMILES string of the molecule is COc1ccc(-c2nn(-c3ccccc3)cc2C=C(C#N)C(N)=O)cc1. The molecular weight excluding hydrogens is 328 g/mol. The number of hydrogen-bond donors (Lipinski definition) is 1. The minimum Gasteiger partial charge on any atom is -0.497 e. The summed E-state index contributed by atoms with van der Waals surface area (Å²) < 4.78 is 6.88. The first-order valence-corrected chi connectivity index (χ1v) is 7.83. The molecule has 1 amide bonds. The standard InChI is InChI=1S/C20H16N4O2/c1-26-18-9-7-14(8-10-18)19-16(11-15(12-21)20(22)25)13-24(23-19)17-5-3-2-4-6-17/h2-11,13H,1H3,(H2,22,25). The number of para-hydroxylation sites is 1. The Balaban J connectivity index is 2.15. The first kappa shape index (κ1) is 17.0. The van der Waals surface area contributed by atoms with Gasteiger partial charge in [-0.2, -0.15) is 10.4 Å². The summed E-state index contributed by atoms with van der Waals surface area (Å²) in [5, 5.41) is 13.8. The van der Waals surface area contributed by atoms with Gasteiger partial charge in [-0.05, 0) is 42.5 Å². The van der Waals surface area contributed by atoms with Crippen molar-refractivity contribution in [3.05, 3.63) is 71.9 Å². The average Bonchev–Trinajstić information content (AvgIpc) is 3.10. The molecule has 2 aromatic carbocycles. The van der Waals surface area contributed by atoms with Crippen LogP contribution in [0.25, 0.3) is 23.0 Å². The molecule has 0 radical (unpaired) electrons. The van der Waals surface area contributed by atoms with Gasteiger partial charge in [0, 0.05) is 17.3 Å². The van der Waals surface area contributed by atoms with Gasteiger partial charge in [-0.15, -0.1) is 0 Å². The van der Waals surface area contributed by atoms with Crippen LogP contribution in [0, 0.1) is 11.3 Å². The Morgan fingerprint density at radius 1 is 1.19 bits per heavy atom. The summed E-state index contributed by atoms with van der Waals surface area (Å²) in [6.45, 7) is 0. The lowest BCUT2D eigenvalue weighted by Crippen LogP contribution is -2.12. The second-order valence-electron chi connectivity index (χ2n) is 5.48. The van der Waals surface area contributed by atoms with Crippen molar-refractivity contribution in [3.63, 3.8) is 0 Å². The van der Waals surface area contributed by atoms with E-state index in [4.69, 9.17) is 15.7 Å². The molecule has 128 valence electrons. The molecule has 6 heteroatoms. The molecule has 0 spiro atoms. The third-order valence-electron chi connectivity index (χ3n) is 3.81. The third-order valence-corrected chi connectivity index (χ3v) is 3.81. The molecule has 0 atom stereocenters. The van der Waals surface area contributed by atoms with Crippen LogP contribution in [0.5, 0.6) is 5.75 Å². The Labute approximate surface area is 150 Å². The minimum atomic E-state index is -0.777. The van der Waals surface area contributed by atoms with Gasteiger partial charge in [0.05, 0.1) is 18.5 Å². The predicted octanol–water partition coefficient (Wildman–Crippen LogP) is 2.94. The number of carbonyl (C=O) groups is 1. The van der Waals surface area contributed by atoms with Crippen molar-refractivity contribution < 1.29 is 9.53 Å². The van der Waals surface area contributed by atoms with Gasteiger partial charge in [0.1, 0.15) is 17.4 Å². The number of methoxy groups -OCH3 is 1. The van der Waals surface area contributed by atoms with E-state index in [9.17, 15) is 4.79 Å². The maximum atomic E-state index is 11.4. The highest BCUT2D eigenvalue weighted by Crippen LogP contribution is 2.27. The summed E-state index contributed by atoms with van der Waals surface area (Å²) in [5.41, 5.74) is 8.07. The van der Waals surface area contributed by atoms with E-state index in [-0.39, 0.29) is 5.57 Å². The monoisotopic (exact) mass is 344 g/mol. The topological polar surface area (TPSA) is 93.9 Å². The molecule has 1 aromatic heterocycles. The fourth-order valence-corrected chi connectivity index (χ4v) is 2.49. The number of amides is 1. The average molecular weight is 344 g/mol. The van der Waals surface area contributed by atoms with E-state index in [2.05, 4.69) is 5.10 Å². The summed E-state index contributed by atoms with van der Waals surface area (Å²) in [4.78, 5) is 11.4. The number of carbonyl (C=O) groups excluding carboxylic acids is 1. The molecule has 0 saturated heterocycles. The van der Waals surface area contributed by atoms with Crippen LogP contribution in [0.15, 0.2) is 66.4 Å². The molecule has 0 saturated carbocycles. The summed E-state index contributed by atoms with van der Waals surface area (Å²) in [6.07, 6.45) is 3.21. The number of ether oxygens (including phenoxy) is 1. The van der Waals surface area contributed by atoms with E-state index < -0.39 is 5.91 Å². The molecule has 3 rings (SSSR count). The van der Waals surface area contributed by atoms with Crippen molar-refractivity contribution in [2.75, 3.05) is 7.11 Å². The maximum absolute atomic E-state index is 11.4. The smallest absolute Gasteiger partial charge is 0.259 e. The number of benzene rings is 2. The van der Waals surface area contributed by atoms with Gasteiger partial charge in [0.25, 0.3) is 5.91 Å². The van der Waals surface area contributed by atoms with Crippen molar-refractivity contribution in [2.24, 2.45) is 5.73 Å². The van der Waals surface area contributed by atoms with Gasteiger partial charge >= 0.3 is 0 Å². The molecule has 1 heterocycles. The Kier molecular flexibility index (Phi) is 4.81. The Morgan fingerprint density at radius 3 is 2.46 bits per heavy atom. The predicted molar refractivity (Wildman–Crippen MR) is 98.3 cm³/mol. The highest BCUT2D eigenvalue weighted by Gasteiger charge is 2.13. The molecule has 0 bridgehead atoms. The Morgan fingerprint density at radius 2 is 1.88 bits per heavy atom. The van der Waals surface area contributed by atoms with Gasteiger partial charge < -0.3 is 10.5 Å². The second kappa shape index (κ2) is 7.36. The van der Waals surface area contributed by atoms with E-state index in [1.54, 1.807) is 18.0 Å². The van der Waals surface area contributed by atoms with Crippen molar-refractivity contribution in [1.82, 2.24) is 9.78 Å². The quantitative estimate of drug-likeness (QED) is 0.569. The van der Waals surface area contributed by atoms with E-state index in [1.165, 1.54) is 6.08 Å². The second-order valence-corrected chi connectivity index (χ2v) is 5.48. The fourth-order valence-electron chi connectivity index (χ4n) is 2.49. The molecule has 0 aliphatic carbocycles. The summed E-state index contributed by atoms with van der Waals surface area (Å²) in [7, 11) is 1.60. The zero-order valence-electron chi connectivity index (χ0n) is 14.1. The van der Waals surface area contributed by atoms with Crippen LogP contribution < -0.4 is 10.5 Å². The van der Waals surface area contributed by atoms with Crippen LogP contribution in [0.1, 0.15) is 5.56 Å². The Hall–Kier alpha value is -3.85. The zero-order valence-corrected chi connectivity index (χ0v) is 14.1. The number of nitriles is 1. The molecule has 6 nitrogen and oxygen atoms in total. The number of nitrogens with two attached hydrogens (primary N) is 1. The van der Waals surface area contributed by atoms with E-state index >= 15 is 0 Å². The molecule has 0 unspecified atom stereocenters. The van der Waals surface area contributed by atoms with Gasteiger partial charge in [-0.1, -0.05) is 18.2 Å². The maximum Gasteiger partial charge on any atom is 0.259 e. The van der Waals surface area contributed by atoms with Crippen LogP contribution in [0.2, 0.25) is 0 Å². The van der Waals surface area contributed by atoms with Crippen LogP contribution in [0.4, 0.5) is 0 Å². The van der Waals surface area contributed by atoms with Gasteiger partial charge in [-0.25, -0.2) is 4.68 Å². The van der Waals surface area contributed by atoms with Crippen molar-refractivity contribution in [3.8, 4) is 28.8 Å². The van der Waals surface area contributed by atoms with Crippen LogP contribution >= 0.6 is 0 Å². The lowest BCUT2D eigenvalue weighted by atomic mass is 10.1. The number of nitrogens with zero attached hydrogens (tertiary/aromatic N) is 3. The minimum absolute atomic E-state index is 0.132. The lowest BCUT2D eigenvalue weighted by Gasteiger charge is -2.03. The van der Waals surface area contributed by atoms with Gasteiger partial charge in [0.2, 0.25) is 0 Å². The summed E-state index contributed by atoms with van der Waals surface area (Å²) in [5.74, 6) is -0.0520. The highest BCUT2D eigenvalue weighted by molar-refractivity contribution is 6.01. The molecule has 3 aromatic rings. The zero-order chi connectivity index (χ0) is 18.5. The number of rotatable bonds is 5. The molecule has 2 N–H and O–H groups in total. The lowest BCUT2D eigenvalue weighted by molar-refractivity contribution is -0.114. The summed E-state index contributed by atoms with van der Waals surface area (Å²) in [6, 6.07) is 18.8. The van der Waals surface area contributed by atoms with Gasteiger partial charge in [0.15, 0.2) is 0 Å². The molecule has 0 aliphatic rings. The number of primary amides is 1. The van der Waals surface area contributed by atoms with E-state index in [0.717, 1.165) is 17.0 Å². The first-order chi connectivity index (χ1) is 12.6. The van der Waals surface area contributed by atoms with Crippen LogP contribution in [0.3, 0.4) is 0 Å². The van der Waals surface area contributed by atoms with E-state index in [1.807, 2.05) is 60.7 Å². The summed E-state index contributed by atoms with van der Waals surface area (Å²) >= 11 is 0. The van der Waals surface area contributed by atoms with Crippen molar-refractivity contribution >= 4 is 12.0 Å². The van der Waals surface area contributed by atoms with E-state index in [0.29, 0.717) is 11.3 Å². The number of hydrogen-bond acceptors (Lipinski definition) is 4. The molecular formula is C20H16N4O2. The van der Waals surface area contributed by atoms with Crippen LogP contribution in [-0.2, 0) is 4.79 Å². The van der Waals surface area contributed by atoms with Crippen molar-refractivity contribution in [1.29, 1.82) is 5.26 Å². The van der Waals surface area contributed by atoms with Gasteiger partial charge in [-0.3, -0.25) is 4.79 Å². The number of aromatic nitrogens is 2. The third kappa shape index (κ3) is 3.47. The fraction of sp³-hybridized carbons (Fsp3) is 0.0500. The molecule has 26 heavy (non-hydrogen) atoms. The molecule has 0 fully saturated rings. The largest absolute Gasteiger partial charge is 0.497 e. The normalized spacial score (nSPS) is 11.0. The van der Waals surface area contributed by atoms with Crippen molar-refractivity contribution in [2.45, 2.75) is 0 Å².